The second-order valence-corrected chi connectivity index (χ2v) is 8.02. The fourth-order valence-electron chi connectivity index (χ4n) is 3.93. The molecule has 2 aliphatic heterocycles. The van der Waals surface area contributed by atoms with Gasteiger partial charge in [0.15, 0.2) is 0 Å². The molecule has 1 saturated heterocycles. The van der Waals surface area contributed by atoms with Crippen LogP contribution in [0.3, 0.4) is 0 Å². The normalized spacial score (nSPS) is 15.8. The molecular weight excluding hydrogens is 367 g/mol. The minimum Gasteiger partial charge on any atom is -0.384 e. The largest absolute Gasteiger partial charge is 0.384 e. The number of imidazole rings is 1. The molecule has 4 rings (SSSR count). The first-order chi connectivity index (χ1) is 13.8. The van der Waals surface area contributed by atoms with Crippen molar-refractivity contribution in [2.45, 2.75) is 47.1 Å². The van der Waals surface area contributed by atoms with Crippen molar-refractivity contribution in [3.63, 3.8) is 0 Å². The van der Waals surface area contributed by atoms with E-state index in [1.165, 1.54) is 0 Å². The Bertz CT molecular complexity index is 1020. The van der Waals surface area contributed by atoms with Crippen LogP contribution in [0, 0.1) is 33.5 Å². The zero-order valence-corrected chi connectivity index (χ0v) is 17.5. The number of rotatable bonds is 4. The number of likely N-dealkylation sites (tertiary alicyclic amines) is 1. The van der Waals surface area contributed by atoms with Crippen LogP contribution in [0.15, 0.2) is 29.5 Å². The molecule has 1 amide bonds. The van der Waals surface area contributed by atoms with Crippen LogP contribution in [-0.4, -0.2) is 33.4 Å². The van der Waals surface area contributed by atoms with Crippen molar-refractivity contribution in [3.05, 3.63) is 69.2 Å². The minimum absolute atomic E-state index is 0.0586. The third-order valence-electron chi connectivity index (χ3n) is 5.95. The maximum absolute atomic E-state index is 13.6. The molecule has 1 N–H and O–H groups in total. The molecule has 2 aliphatic rings. The van der Waals surface area contributed by atoms with Gasteiger partial charge in [-0.3, -0.25) is 4.79 Å². The number of allylic oxidation sites excluding steroid dienone is 1. The Morgan fingerprint density at radius 3 is 2.48 bits per heavy atom. The summed E-state index contributed by atoms with van der Waals surface area (Å²) in [4.78, 5) is 19.5. The van der Waals surface area contributed by atoms with E-state index in [1.807, 2.05) is 49.4 Å². The number of nitrogens with zero attached hydrogens (tertiary/aromatic N) is 3. The minimum atomic E-state index is -0.212. The van der Waals surface area contributed by atoms with Gasteiger partial charge in [-0.2, -0.15) is 0 Å². The summed E-state index contributed by atoms with van der Waals surface area (Å²) in [5.41, 5.74) is 6.55. The average Bonchev–Trinajstić information content (AvgIpc) is 2.77. The first-order valence-electron chi connectivity index (χ1n) is 10.1. The lowest BCUT2D eigenvalue weighted by atomic mass is 10.0. The number of fused-ring (bicyclic) bond motifs is 1. The van der Waals surface area contributed by atoms with Gasteiger partial charge < -0.3 is 14.8 Å². The quantitative estimate of drug-likeness (QED) is 0.863. The van der Waals surface area contributed by atoms with Crippen LogP contribution in [0.4, 0.5) is 4.39 Å². The molecule has 152 valence electrons. The molecule has 0 spiro atoms. The Labute approximate surface area is 170 Å². The van der Waals surface area contributed by atoms with Crippen LogP contribution in [0.1, 0.15) is 40.3 Å². The number of halogens is 1. The highest BCUT2D eigenvalue weighted by Crippen LogP contribution is 2.23. The lowest BCUT2D eigenvalue weighted by Crippen LogP contribution is -2.42. The van der Waals surface area contributed by atoms with Crippen LogP contribution >= 0.6 is 0 Å². The highest BCUT2D eigenvalue weighted by Gasteiger charge is 2.25. The lowest BCUT2D eigenvalue weighted by Gasteiger charge is -2.31. The van der Waals surface area contributed by atoms with Gasteiger partial charge in [0.05, 0.1) is 11.3 Å². The van der Waals surface area contributed by atoms with Crippen LogP contribution in [0.5, 0.6) is 0 Å². The van der Waals surface area contributed by atoms with Crippen molar-refractivity contribution in [3.8, 4) is 0 Å². The molecule has 0 radical (unpaired) electrons. The second-order valence-electron chi connectivity index (χ2n) is 8.02. The van der Waals surface area contributed by atoms with E-state index in [0.29, 0.717) is 18.5 Å². The first kappa shape index (κ1) is 19.4. The van der Waals surface area contributed by atoms with E-state index in [0.717, 1.165) is 59.1 Å². The highest BCUT2D eigenvalue weighted by atomic mass is 19.1. The van der Waals surface area contributed by atoms with Crippen molar-refractivity contribution < 1.29 is 9.18 Å². The lowest BCUT2D eigenvalue weighted by molar-refractivity contribution is -0.129. The monoisotopic (exact) mass is 394 g/mol. The number of aryl methyl sites for hydroxylation is 3. The van der Waals surface area contributed by atoms with Gasteiger partial charge in [0.2, 0.25) is 0 Å². The Kier molecular flexibility index (Phi) is 5.03. The van der Waals surface area contributed by atoms with Crippen LogP contribution in [0.2, 0.25) is 0 Å². The summed E-state index contributed by atoms with van der Waals surface area (Å²) < 4.78 is 15.7. The predicted molar refractivity (Wildman–Crippen MR) is 112 cm³/mol. The Balaban J connectivity index is 1.65. The topological polar surface area (TPSA) is 50.2 Å². The van der Waals surface area contributed by atoms with Gasteiger partial charge in [-0.1, -0.05) is 0 Å². The molecule has 0 saturated carbocycles. The summed E-state index contributed by atoms with van der Waals surface area (Å²) in [7, 11) is 0. The first-order valence-corrected chi connectivity index (χ1v) is 10.1. The van der Waals surface area contributed by atoms with Crippen molar-refractivity contribution in [1.82, 2.24) is 19.8 Å². The summed E-state index contributed by atoms with van der Waals surface area (Å²) >= 11 is 0. The van der Waals surface area contributed by atoms with Gasteiger partial charge in [0.25, 0.3) is 5.91 Å². The molecule has 1 aromatic carbocycles. The number of hydrogen-bond acceptors (Lipinski definition) is 3. The summed E-state index contributed by atoms with van der Waals surface area (Å²) in [6, 6.07) is 3.12. The third kappa shape index (κ3) is 3.71. The zero-order chi connectivity index (χ0) is 20.7. The number of nitrogens with one attached hydrogen (secondary N) is 1. The van der Waals surface area contributed by atoms with Crippen molar-refractivity contribution in [2.24, 2.45) is 0 Å². The Morgan fingerprint density at radius 2 is 1.86 bits per heavy atom. The molecule has 3 heterocycles. The summed E-state index contributed by atoms with van der Waals surface area (Å²) in [6.07, 6.45) is 5.53. The number of carbonyl (C=O) groups excluding carboxylic acids is 1. The zero-order valence-electron chi connectivity index (χ0n) is 17.5. The maximum Gasteiger partial charge on any atom is 0.255 e. The molecule has 29 heavy (non-hydrogen) atoms. The predicted octanol–water partition coefficient (Wildman–Crippen LogP) is 3.56. The van der Waals surface area contributed by atoms with Gasteiger partial charge in [0.1, 0.15) is 11.6 Å². The molecule has 0 atom stereocenters. The van der Waals surface area contributed by atoms with Gasteiger partial charge in [-0.25, -0.2) is 9.37 Å². The molecule has 1 fully saturated rings. The molecule has 5 nitrogen and oxygen atoms in total. The number of amides is 1. The van der Waals surface area contributed by atoms with Crippen molar-refractivity contribution >= 4 is 12.1 Å². The molecule has 0 bridgehead atoms. The molecule has 1 aromatic heterocycles. The average molecular weight is 394 g/mol. The van der Waals surface area contributed by atoms with E-state index in [1.54, 1.807) is 12.1 Å². The smallest absolute Gasteiger partial charge is 0.255 e. The van der Waals surface area contributed by atoms with Crippen LogP contribution < -0.4 is 5.32 Å². The SMILES string of the molecule is Cc1cc(F)cc(C)c1CNC1=CC(C(=O)N2CCC2)=Cn2c(nc(C)c2C)C1. The fraction of sp³-hybridized carbons (Fsp3) is 0.391. The van der Waals surface area contributed by atoms with Crippen LogP contribution in [0.25, 0.3) is 6.20 Å². The summed E-state index contributed by atoms with van der Waals surface area (Å²) in [5.74, 6) is 0.761. The van der Waals surface area contributed by atoms with Crippen molar-refractivity contribution in [1.29, 1.82) is 0 Å². The van der Waals surface area contributed by atoms with Gasteiger partial charge in [0, 0.05) is 43.6 Å². The third-order valence-corrected chi connectivity index (χ3v) is 5.95. The van der Waals surface area contributed by atoms with E-state index >= 15 is 0 Å². The highest BCUT2D eigenvalue weighted by molar-refractivity contribution is 5.99. The summed E-state index contributed by atoms with van der Waals surface area (Å²) in [6.45, 7) is 10.1. The molecular formula is C23H27FN4O. The van der Waals surface area contributed by atoms with E-state index in [4.69, 9.17) is 4.98 Å². The van der Waals surface area contributed by atoms with Crippen LogP contribution in [-0.2, 0) is 17.8 Å². The van der Waals surface area contributed by atoms with Gasteiger partial charge in [-0.05, 0) is 69.0 Å². The van der Waals surface area contributed by atoms with E-state index in [2.05, 4.69) is 5.32 Å². The Morgan fingerprint density at radius 1 is 1.17 bits per heavy atom. The molecule has 2 aromatic rings. The standard InChI is InChI=1S/C23H27FN4O/c1-14-8-19(24)9-15(2)21(14)12-25-20-10-18(23(29)27-6-5-7-27)13-28-17(4)16(3)26-22(28)11-20/h8-10,13,25H,5-7,11-12H2,1-4H3. The molecule has 6 heteroatoms. The summed E-state index contributed by atoms with van der Waals surface area (Å²) in [5, 5.41) is 3.48. The number of hydrogen-bond donors (Lipinski definition) is 1. The van der Waals surface area contributed by atoms with E-state index in [9.17, 15) is 9.18 Å². The number of benzene rings is 1. The maximum atomic E-state index is 13.6. The van der Waals surface area contributed by atoms with E-state index < -0.39 is 0 Å². The van der Waals surface area contributed by atoms with E-state index in [-0.39, 0.29) is 11.7 Å². The molecule has 0 aliphatic carbocycles. The second kappa shape index (κ2) is 7.50. The number of carbonyl (C=O) groups is 1. The Hall–Kier alpha value is -2.89. The number of aromatic nitrogens is 2. The van der Waals surface area contributed by atoms with Gasteiger partial charge in [-0.15, -0.1) is 0 Å². The molecule has 0 unspecified atom stereocenters. The van der Waals surface area contributed by atoms with Gasteiger partial charge >= 0.3 is 0 Å². The fourth-order valence-corrected chi connectivity index (χ4v) is 3.93. The van der Waals surface area contributed by atoms with Crippen molar-refractivity contribution in [2.75, 3.05) is 13.1 Å².